The molecule has 0 fully saturated rings. The minimum absolute atomic E-state index is 0.278. The highest BCUT2D eigenvalue weighted by atomic mass is 16.4. The summed E-state index contributed by atoms with van der Waals surface area (Å²) in [5, 5.41) is 15.2. The summed E-state index contributed by atoms with van der Waals surface area (Å²) in [6.07, 6.45) is 0. The van der Waals surface area contributed by atoms with Crippen LogP contribution < -0.4 is 11.5 Å². The van der Waals surface area contributed by atoms with Gasteiger partial charge in [0.15, 0.2) is 0 Å². The van der Waals surface area contributed by atoms with Crippen LogP contribution in [-0.4, -0.2) is 35.2 Å². The summed E-state index contributed by atoms with van der Waals surface area (Å²) in [7, 11) is 0. The lowest BCUT2D eigenvalue weighted by Gasteiger charge is -1.73. The topological polar surface area (TPSA) is 127 Å². The van der Waals surface area contributed by atoms with E-state index in [0.717, 1.165) is 0 Å². The van der Waals surface area contributed by atoms with Gasteiger partial charge < -0.3 is 21.7 Å². The average molecular weight is 178 g/mol. The Bertz CT molecular complexity index is 113. The van der Waals surface area contributed by atoms with Gasteiger partial charge in [0.2, 0.25) is 0 Å². The Hall–Kier alpha value is -1.40. The van der Waals surface area contributed by atoms with Crippen molar-refractivity contribution in [3.63, 3.8) is 0 Å². The van der Waals surface area contributed by atoms with Crippen LogP contribution in [0.25, 0.3) is 0 Å². The Labute approximate surface area is 70.5 Å². The zero-order valence-electron chi connectivity index (χ0n) is 6.69. The maximum atomic E-state index is 9.24. The molecule has 12 heavy (non-hydrogen) atoms. The fraction of sp³-hybridized carbons (Fsp3) is 0.333. The van der Waals surface area contributed by atoms with Crippen molar-refractivity contribution in [3.05, 3.63) is 13.2 Å². The van der Waals surface area contributed by atoms with E-state index in [1.165, 1.54) is 0 Å². The molecule has 0 aliphatic heterocycles. The van der Waals surface area contributed by atoms with Gasteiger partial charge in [0.25, 0.3) is 0 Å². The minimum Gasteiger partial charge on any atom is -0.480 e. The molecule has 72 valence electrons. The molecule has 0 unspecified atom stereocenters. The molecule has 6 nitrogen and oxygen atoms in total. The standard InChI is InChI=1S/2C2H5NO2.C2H4/c2*3-1-2(4)5;1-2/h2*1,3H2,(H,4,5);1-2H2. The van der Waals surface area contributed by atoms with E-state index in [1.54, 1.807) is 0 Å². The Kier molecular flexibility index (Phi) is 23.0. The summed E-state index contributed by atoms with van der Waals surface area (Å²) in [5.74, 6) is -1.94. The van der Waals surface area contributed by atoms with Gasteiger partial charge in [-0.25, -0.2) is 0 Å². The first kappa shape index (κ1) is 16.9. The smallest absolute Gasteiger partial charge is 0.317 e. The van der Waals surface area contributed by atoms with E-state index in [9.17, 15) is 9.59 Å². The molecule has 0 aromatic carbocycles. The monoisotopic (exact) mass is 178 g/mol. The highest BCUT2D eigenvalue weighted by Crippen LogP contribution is 1.44. The molecule has 0 heterocycles. The quantitative estimate of drug-likeness (QED) is 0.396. The summed E-state index contributed by atoms with van der Waals surface area (Å²) in [4.78, 5) is 18.5. The van der Waals surface area contributed by atoms with Gasteiger partial charge in [0.1, 0.15) is 0 Å². The van der Waals surface area contributed by atoms with Gasteiger partial charge in [-0.2, -0.15) is 0 Å². The number of aliphatic carboxylic acids is 2. The molecular weight excluding hydrogens is 164 g/mol. The van der Waals surface area contributed by atoms with Crippen molar-refractivity contribution in [2.24, 2.45) is 11.5 Å². The molecule has 0 bridgehead atoms. The molecule has 0 aliphatic rings. The molecule has 0 aromatic heterocycles. The van der Waals surface area contributed by atoms with Crippen LogP contribution in [0.5, 0.6) is 0 Å². The van der Waals surface area contributed by atoms with Crippen molar-refractivity contribution < 1.29 is 19.8 Å². The Morgan fingerprint density at radius 2 is 1.08 bits per heavy atom. The van der Waals surface area contributed by atoms with Crippen molar-refractivity contribution in [2.75, 3.05) is 13.1 Å². The summed E-state index contributed by atoms with van der Waals surface area (Å²) in [6.45, 7) is 5.44. The minimum atomic E-state index is -0.968. The van der Waals surface area contributed by atoms with Crippen molar-refractivity contribution in [2.45, 2.75) is 0 Å². The lowest BCUT2D eigenvalue weighted by Crippen LogP contribution is -2.10. The van der Waals surface area contributed by atoms with E-state index in [4.69, 9.17) is 10.2 Å². The second-order valence-corrected chi connectivity index (χ2v) is 1.20. The van der Waals surface area contributed by atoms with Gasteiger partial charge >= 0.3 is 11.9 Å². The van der Waals surface area contributed by atoms with Gasteiger partial charge in [0, 0.05) is 0 Å². The van der Waals surface area contributed by atoms with Crippen LogP contribution in [0, 0.1) is 0 Å². The fourth-order valence-corrected chi connectivity index (χ4v) is 0. The van der Waals surface area contributed by atoms with Crippen molar-refractivity contribution in [1.29, 1.82) is 0 Å². The molecule has 0 saturated carbocycles. The first-order chi connectivity index (χ1) is 5.54. The molecule has 6 heteroatoms. The highest BCUT2D eigenvalue weighted by Gasteiger charge is 1.81. The lowest BCUT2D eigenvalue weighted by molar-refractivity contribution is -0.136. The fourth-order valence-electron chi connectivity index (χ4n) is 0. The third-order valence-corrected chi connectivity index (χ3v) is 0.349. The average Bonchev–Trinajstić information content (AvgIpc) is 2.09. The third-order valence-electron chi connectivity index (χ3n) is 0.349. The summed E-state index contributed by atoms with van der Waals surface area (Å²) >= 11 is 0. The molecular formula is C6H14N2O4. The van der Waals surface area contributed by atoms with E-state index in [0.29, 0.717) is 0 Å². The van der Waals surface area contributed by atoms with Crippen molar-refractivity contribution in [1.82, 2.24) is 0 Å². The molecule has 0 spiro atoms. The predicted molar refractivity (Wildman–Crippen MR) is 44.6 cm³/mol. The number of hydrogen-bond donors (Lipinski definition) is 4. The number of carbonyl (C=O) groups is 2. The van der Waals surface area contributed by atoms with E-state index in [2.05, 4.69) is 24.6 Å². The predicted octanol–water partition coefficient (Wildman–Crippen LogP) is -1.14. The Morgan fingerprint density at radius 3 is 1.08 bits per heavy atom. The number of carboxylic acid groups (broad SMARTS) is 2. The number of hydrogen-bond acceptors (Lipinski definition) is 4. The second-order valence-electron chi connectivity index (χ2n) is 1.20. The van der Waals surface area contributed by atoms with Crippen molar-refractivity contribution >= 4 is 11.9 Å². The number of carboxylic acids is 2. The molecule has 0 rings (SSSR count). The van der Waals surface area contributed by atoms with E-state index in [-0.39, 0.29) is 13.1 Å². The van der Waals surface area contributed by atoms with E-state index in [1.807, 2.05) is 0 Å². The van der Waals surface area contributed by atoms with Gasteiger partial charge in [0.05, 0.1) is 13.1 Å². The maximum absolute atomic E-state index is 9.24. The molecule has 6 N–H and O–H groups in total. The van der Waals surface area contributed by atoms with Crippen LogP contribution in [0.1, 0.15) is 0 Å². The SMILES string of the molecule is C=C.NCC(=O)O.NCC(=O)O. The first-order valence-electron chi connectivity index (χ1n) is 2.88. The van der Waals surface area contributed by atoms with Crippen LogP contribution in [-0.2, 0) is 9.59 Å². The lowest BCUT2D eigenvalue weighted by atomic mass is 10.7. The molecule has 0 aliphatic carbocycles. The second kappa shape index (κ2) is 16.3. The largest absolute Gasteiger partial charge is 0.480 e. The van der Waals surface area contributed by atoms with Gasteiger partial charge in [-0.3, -0.25) is 9.59 Å². The molecule has 0 aromatic rings. The third kappa shape index (κ3) is 73.5. The normalized spacial score (nSPS) is 6.50. The van der Waals surface area contributed by atoms with Gasteiger partial charge in [-0.05, 0) is 0 Å². The van der Waals surface area contributed by atoms with Gasteiger partial charge in [-0.15, -0.1) is 13.2 Å². The van der Waals surface area contributed by atoms with E-state index >= 15 is 0 Å². The van der Waals surface area contributed by atoms with Crippen LogP contribution in [0.2, 0.25) is 0 Å². The highest BCUT2D eigenvalue weighted by molar-refractivity contribution is 5.68. The van der Waals surface area contributed by atoms with Crippen LogP contribution >= 0.6 is 0 Å². The van der Waals surface area contributed by atoms with Crippen LogP contribution in [0.15, 0.2) is 13.2 Å². The summed E-state index contributed by atoms with van der Waals surface area (Å²) < 4.78 is 0. The molecule has 0 saturated heterocycles. The zero-order valence-corrected chi connectivity index (χ0v) is 6.69. The van der Waals surface area contributed by atoms with Crippen molar-refractivity contribution in [3.8, 4) is 0 Å². The number of rotatable bonds is 2. The van der Waals surface area contributed by atoms with Gasteiger partial charge in [-0.1, -0.05) is 0 Å². The van der Waals surface area contributed by atoms with Crippen LogP contribution in [0.3, 0.4) is 0 Å². The zero-order chi connectivity index (χ0) is 10.6. The first-order valence-corrected chi connectivity index (χ1v) is 2.88. The van der Waals surface area contributed by atoms with Crippen LogP contribution in [0.4, 0.5) is 0 Å². The molecule has 0 amide bonds. The van der Waals surface area contributed by atoms with E-state index < -0.39 is 11.9 Å². The Morgan fingerprint density at radius 1 is 1.00 bits per heavy atom. The summed E-state index contributed by atoms with van der Waals surface area (Å²) in [6, 6.07) is 0. The molecule has 0 atom stereocenters. The summed E-state index contributed by atoms with van der Waals surface area (Å²) in [5.41, 5.74) is 9.14. The maximum Gasteiger partial charge on any atom is 0.317 e. The molecule has 0 radical (unpaired) electrons. The number of nitrogens with two attached hydrogens (primary N) is 2. The Balaban J connectivity index is -0.000000112.